The van der Waals surface area contributed by atoms with Crippen molar-refractivity contribution in [3.8, 4) is 34.6 Å². The Morgan fingerprint density at radius 3 is 1.04 bits per heavy atom. The summed E-state index contributed by atoms with van der Waals surface area (Å²) in [5.74, 6) is 2.32. The molecule has 6 heteroatoms. The van der Waals surface area contributed by atoms with E-state index in [0.717, 1.165) is 34.6 Å². The van der Waals surface area contributed by atoms with Crippen molar-refractivity contribution in [1.29, 1.82) is 0 Å². The number of nitrogens with zero attached hydrogens (tertiary/aromatic N) is 3. The molecule has 4 heterocycles. The van der Waals surface area contributed by atoms with Crippen LogP contribution in [0.2, 0.25) is 0 Å². The van der Waals surface area contributed by atoms with Crippen LogP contribution >= 0.6 is 0 Å². The van der Waals surface area contributed by atoms with Crippen molar-refractivity contribution in [3.05, 3.63) is 73.2 Å². The quantitative estimate of drug-likeness (QED) is 0.572. The first-order chi connectivity index (χ1) is 11.9. The Bertz CT molecular complexity index is 803. The first-order valence-electron chi connectivity index (χ1n) is 7.56. The zero-order chi connectivity index (χ0) is 16.2. The largest absolute Gasteiger partial charge is 0.477 e. The topological polar surface area (TPSA) is 81.1 Å². The molecule has 0 aliphatic rings. The molecular formula is C18H15N6+3. The highest BCUT2D eigenvalue weighted by atomic mass is 15.1. The minimum absolute atomic E-state index is 0.774. The smallest absolute Gasteiger partial charge is 0.244 e. The van der Waals surface area contributed by atoms with Gasteiger partial charge in [0.15, 0.2) is 0 Å². The number of H-pyrrole nitrogens is 3. The van der Waals surface area contributed by atoms with E-state index in [1.807, 2.05) is 54.6 Å². The van der Waals surface area contributed by atoms with Gasteiger partial charge in [-0.25, -0.2) is 15.0 Å². The highest BCUT2D eigenvalue weighted by molar-refractivity contribution is 5.48. The molecule has 4 aromatic heterocycles. The zero-order valence-electron chi connectivity index (χ0n) is 12.8. The molecule has 0 amide bonds. The Labute approximate surface area is 138 Å². The van der Waals surface area contributed by atoms with Crippen LogP contribution in [-0.2, 0) is 0 Å². The third kappa shape index (κ3) is 2.85. The maximum Gasteiger partial charge on any atom is 0.477 e. The second kappa shape index (κ2) is 6.29. The molecule has 0 bridgehead atoms. The number of aromatic nitrogens is 6. The van der Waals surface area contributed by atoms with E-state index in [0.29, 0.717) is 0 Å². The van der Waals surface area contributed by atoms with Crippen molar-refractivity contribution in [2.24, 2.45) is 0 Å². The van der Waals surface area contributed by atoms with E-state index < -0.39 is 0 Å². The van der Waals surface area contributed by atoms with Gasteiger partial charge in [0, 0.05) is 18.6 Å². The van der Waals surface area contributed by atoms with Gasteiger partial charge in [0.05, 0.1) is 0 Å². The number of rotatable bonds is 3. The van der Waals surface area contributed by atoms with Gasteiger partial charge in [0.2, 0.25) is 17.1 Å². The SMILES string of the molecule is c1ccc(-c2[nH+]c(-c3ccccn3)[nH+]c(-c3ccccn3)[nH+]2)nc1. The molecule has 6 nitrogen and oxygen atoms in total. The van der Waals surface area contributed by atoms with E-state index in [4.69, 9.17) is 0 Å². The fraction of sp³-hybridized carbons (Fsp3) is 0. The van der Waals surface area contributed by atoms with Gasteiger partial charge in [-0.2, -0.15) is 0 Å². The number of hydrogen-bond donors (Lipinski definition) is 0. The van der Waals surface area contributed by atoms with Gasteiger partial charge in [0.1, 0.15) is 0 Å². The summed E-state index contributed by atoms with van der Waals surface area (Å²) in [6, 6.07) is 17.3. The summed E-state index contributed by atoms with van der Waals surface area (Å²) in [5.41, 5.74) is 2.42. The maximum atomic E-state index is 4.40. The summed E-state index contributed by atoms with van der Waals surface area (Å²) in [6.45, 7) is 0. The number of aromatic amines is 3. The second-order valence-electron chi connectivity index (χ2n) is 5.14. The molecule has 114 valence electrons. The minimum atomic E-state index is 0.774. The van der Waals surface area contributed by atoms with Gasteiger partial charge in [0.25, 0.3) is 0 Å². The summed E-state index contributed by atoms with van der Waals surface area (Å²) < 4.78 is 0. The van der Waals surface area contributed by atoms with Crippen molar-refractivity contribution >= 4 is 0 Å². The minimum Gasteiger partial charge on any atom is -0.244 e. The second-order valence-corrected chi connectivity index (χ2v) is 5.14. The van der Waals surface area contributed by atoms with E-state index in [1.54, 1.807) is 18.6 Å². The van der Waals surface area contributed by atoms with Crippen LogP contribution in [0.15, 0.2) is 73.2 Å². The standard InChI is InChI=1S/C18H12N6/c1-4-10-19-13(7-1)16-22-17(14-8-2-5-11-20-14)24-18(23-16)15-9-3-6-12-21-15/h1-12H/p+3. The summed E-state index contributed by atoms with van der Waals surface area (Å²) >= 11 is 0. The lowest BCUT2D eigenvalue weighted by Crippen LogP contribution is -2.37. The van der Waals surface area contributed by atoms with E-state index in [9.17, 15) is 0 Å². The fourth-order valence-corrected chi connectivity index (χ4v) is 2.38. The molecule has 0 fully saturated rings. The predicted octanol–water partition coefficient (Wildman–Crippen LogP) is 1.31. The van der Waals surface area contributed by atoms with Gasteiger partial charge >= 0.3 is 17.5 Å². The third-order valence-corrected chi connectivity index (χ3v) is 3.51. The summed E-state index contributed by atoms with van der Waals surface area (Å²) in [7, 11) is 0. The van der Waals surface area contributed by atoms with Gasteiger partial charge in [-0.05, 0) is 36.4 Å². The van der Waals surface area contributed by atoms with Crippen LogP contribution in [0.3, 0.4) is 0 Å². The van der Waals surface area contributed by atoms with Crippen LogP contribution in [-0.4, -0.2) is 15.0 Å². The summed E-state index contributed by atoms with van der Waals surface area (Å²) in [6.07, 6.45) is 5.28. The third-order valence-electron chi connectivity index (χ3n) is 3.51. The number of nitrogens with one attached hydrogen (secondary N) is 3. The molecule has 0 aliphatic heterocycles. The molecule has 4 aromatic rings. The van der Waals surface area contributed by atoms with Crippen molar-refractivity contribution in [2.45, 2.75) is 0 Å². The van der Waals surface area contributed by atoms with Gasteiger partial charge in [-0.3, -0.25) is 0 Å². The van der Waals surface area contributed by atoms with E-state index in [1.165, 1.54) is 0 Å². The van der Waals surface area contributed by atoms with Crippen molar-refractivity contribution < 1.29 is 15.0 Å². The molecule has 0 aliphatic carbocycles. The Balaban J connectivity index is 1.92. The molecule has 24 heavy (non-hydrogen) atoms. The highest BCUT2D eigenvalue weighted by Gasteiger charge is 2.31. The molecular weight excluding hydrogens is 300 g/mol. The predicted molar refractivity (Wildman–Crippen MR) is 85.8 cm³/mol. The van der Waals surface area contributed by atoms with Crippen molar-refractivity contribution in [3.63, 3.8) is 0 Å². The Hall–Kier alpha value is -3.54. The molecule has 0 unspecified atom stereocenters. The Kier molecular flexibility index (Phi) is 3.69. The lowest BCUT2D eigenvalue weighted by atomic mass is 10.3. The van der Waals surface area contributed by atoms with Crippen molar-refractivity contribution in [2.75, 3.05) is 0 Å². The number of hydrogen-bond acceptors (Lipinski definition) is 3. The highest BCUT2D eigenvalue weighted by Crippen LogP contribution is 2.11. The van der Waals surface area contributed by atoms with E-state index in [-0.39, 0.29) is 0 Å². The molecule has 0 spiro atoms. The zero-order valence-corrected chi connectivity index (χ0v) is 12.8. The molecule has 0 saturated heterocycles. The van der Waals surface area contributed by atoms with E-state index >= 15 is 0 Å². The Morgan fingerprint density at radius 1 is 0.458 bits per heavy atom. The monoisotopic (exact) mass is 315 g/mol. The molecule has 0 aromatic carbocycles. The number of pyridine rings is 3. The molecule has 0 saturated carbocycles. The van der Waals surface area contributed by atoms with Crippen LogP contribution in [0.25, 0.3) is 34.6 Å². The lowest BCUT2D eigenvalue weighted by molar-refractivity contribution is -0.621. The lowest BCUT2D eigenvalue weighted by Gasteiger charge is -1.92. The van der Waals surface area contributed by atoms with Crippen LogP contribution in [0, 0.1) is 0 Å². The van der Waals surface area contributed by atoms with Crippen LogP contribution in [0.5, 0.6) is 0 Å². The van der Waals surface area contributed by atoms with Crippen molar-refractivity contribution in [1.82, 2.24) is 15.0 Å². The summed E-state index contributed by atoms with van der Waals surface area (Å²) in [5, 5.41) is 0. The maximum absolute atomic E-state index is 4.40. The average Bonchev–Trinajstić information content (AvgIpc) is 2.70. The summed E-state index contributed by atoms with van der Waals surface area (Å²) in [4.78, 5) is 23.2. The average molecular weight is 315 g/mol. The first kappa shape index (κ1) is 14.1. The van der Waals surface area contributed by atoms with Gasteiger partial charge < -0.3 is 0 Å². The molecule has 4 rings (SSSR count). The fourth-order valence-electron chi connectivity index (χ4n) is 2.38. The molecule has 3 N–H and O–H groups in total. The Morgan fingerprint density at radius 2 is 0.792 bits per heavy atom. The van der Waals surface area contributed by atoms with Crippen LogP contribution < -0.4 is 15.0 Å². The molecule has 0 atom stereocenters. The first-order valence-corrected chi connectivity index (χ1v) is 7.56. The van der Waals surface area contributed by atoms with Crippen LogP contribution in [0.4, 0.5) is 0 Å². The van der Waals surface area contributed by atoms with Crippen LogP contribution in [0.1, 0.15) is 0 Å². The van der Waals surface area contributed by atoms with E-state index in [2.05, 4.69) is 29.9 Å². The normalized spacial score (nSPS) is 10.5. The van der Waals surface area contributed by atoms with Gasteiger partial charge in [-0.15, -0.1) is 0 Å². The van der Waals surface area contributed by atoms with Gasteiger partial charge in [-0.1, -0.05) is 33.2 Å². The molecule has 0 radical (unpaired) electrons.